The minimum Gasteiger partial charge on any atom is -0.459 e. The summed E-state index contributed by atoms with van der Waals surface area (Å²) in [6.07, 6.45) is 2.61. The van der Waals surface area contributed by atoms with Crippen LogP contribution in [0, 0.1) is 5.92 Å². The third-order valence-corrected chi connectivity index (χ3v) is 8.49. The van der Waals surface area contributed by atoms with Crippen LogP contribution in [0.2, 0.25) is 13.1 Å². The quantitative estimate of drug-likeness (QED) is 0.294. The highest BCUT2D eigenvalue weighted by Gasteiger charge is 2.47. The maximum atomic E-state index is 14.6. The number of nitrogens with zero attached hydrogens (tertiary/aromatic N) is 1. The van der Waals surface area contributed by atoms with E-state index in [1.54, 1.807) is 0 Å². The van der Waals surface area contributed by atoms with E-state index in [0.717, 1.165) is 18.3 Å². The van der Waals surface area contributed by atoms with Crippen LogP contribution in [0.3, 0.4) is 0 Å². The maximum Gasteiger partial charge on any atom is 0.323 e. The number of carbonyl (C=O) groups is 2. The molecular formula is C24H38FNO4Si. The fourth-order valence-corrected chi connectivity index (χ4v) is 5.83. The Hall–Kier alpha value is -1.57. The van der Waals surface area contributed by atoms with Crippen molar-refractivity contribution in [3.05, 3.63) is 35.9 Å². The number of esters is 1. The summed E-state index contributed by atoms with van der Waals surface area (Å²) in [5, 5.41) is 0. The number of rotatable bonds is 10. The first-order chi connectivity index (χ1) is 14.5. The molecular weight excluding hydrogens is 413 g/mol. The van der Waals surface area contributed by atoms with E-state index in [0.29, 0.717) is 19.4 Å². The Morgan fingerprint density at radius 2 is 1.94 bits per heavy atom. The van der Waals surface area contributed by atoms with Gasteiger partial charge in [-0.3, -0.25) is 9.69 Å². The number of carbonyl (C=O) groups excluding carboxylic acids is 2. The fourth-order valence-electron chi connectivity index (χ4n) is 4.02. The van der Waals surface area contributed by atoms with E-state index in [-0.39, 0.29) is 18.5 Å². The normalized spacial score (nSPS) is 23.5. The molecule has 1 aliphatic rings. The molecule has 0 N–H and O–H groups in total. The summed E-state index contributed by atoms with van der Waals surface area (Å²) in [4.78, 5) is 27.0. The van der Waals surface area contributed by atoms with Gasteiger partial charge in [0, 0.05) is 19.1 Å². The summed E-state index contributed by atoms with van der Waals surface area (Å²) in [7, 11) is -2.54. The van der Waals surface area contributed by atoms with Crippen LogP contribution in [0.5, 0.6) is 0 Å². The molecule has 2 rings (SSSR count). The number of likely N-dealkylation sites (tertiary alicyclic amines) is 1. The Labute approximate surface area is 187 Å². The van der Waals surface area contributed by atoms with Crippen LogP contribution in [0.15, 0.2) is 30.3 Å². The molecule has 0 aliphatic carbocycles. The van der Waals surface area contributed by atoms with Crippen LogP contribution in [0.25, 0.3) is 0 Å². The third-order valence-electron chi connectivity index (χ3n) is 5.78. The Kier molecular flexibility index (Phi) is 8.98. The summed E-state index contributed by atoms with van der Waals surface area (Å²) in [6, 6.07) is 8.75. The largest absolute Gasteiger partial charge is 0.459 e. The molecule has 1 heterocycles. The van der Waals surface area contributed by atoms with Crippen molar-refractivity contribution < 1.29 is 23.1 Å². The minimum atomic E-state index is -2.54. The van der Waals surface area contributed by atoms with Gasteiger partial charge in [-0.1, -0.05) is 43.7 Å². The van der Waals surface area contributed by atoms with Crippen molar-refractivity contribution in [2.45, 2.75) is 90.1 Å². The van der Waals surface area contributed by atoms with Crippen molar-refractivity contribution in [1.29, 1.82) is 0 Å². The van der Waals surface area contributed by atoms with Gasteiger partial charge in [0.05, 0.1) is 6.04 Å². The molecule has 0 bridgehead atoms. The molecule has 1 aliphatic heterocycles. The van der Waals surface area contributed by atoms with Crippen molar-refractivity contribution >= 4 is 20.6 Å². The SMILES string of the molecule is CCCC(F)[Si](C)(C)OC[C@@H]1C[C@H](C(=O)OC(C)(C)C)N(Cc2ccccc2)[C@H]1C=O. The number of hydrogen-bond acceptors (Lipinski definition) is 5. The van der Waals surface area contributed by atoms with Crippen LogP contribution >= 0.6 is 0 Å². The molecule has 0 amide bonds. The molecule has 1 aromatic carbocycles. The summed E-state index contributed by atoms with van der Waals surface area (Å²) < 4.78 is 26.3. The lowest BCUT2D eigenvalue weighted by atomic mass is 10.0. The molecule has 7 heteroatoms. The second-order valence-electron chi connectivity index (χ2n) is 10.0. The molecule has 0 aromatic heterocycles. The third kappa shape index (κ3) is 7.22. The zero-order valence-corrected chi connectivity index (χ0v) is 20.8. The molecule has 31 heavy (non-hydrogen) atoms. The highest BCUT2D eigenvalue weighted by molar-refractivity contribution is 6.72. The van der Waals surface area contributed by atoms with Gasteiger partial charge in [0.25, 0.3) is 0 Å². The van der Waals surface area contributed by atoms with Crippen molar-refractivity contribution in [3.8, 4) is 0 Å². The average Bonchev–Trinajstić information content (AvgIpc) is 3.03. The summed E-state index contributed by atoms with van der Waals surface area (Å²) in [5.41, 5.74) is 0.406. The van der Waals surface area contributed by atoms with E-state index in [9.17, 15) is 14.0 Å². The Morgan fingerprint density at radius 1 is 1.29 bits per heavy atom. The molecule has 1 fully saturated rings. The number of halogens is 1. The fraction of sp³-hybridized carbons (Fsp3) is 0.667. The minimum absolute atomic E-state index is 0.181. The van der Waals surface area contributed by atoms with Gasteiger partial charge in [0.1, 0.15) is 23.7 Å². The van der Waals surface area contributed by atoms with E-state index in [1.807, 2.05) is 76.0 Å². The first-order valence-electron chi connectivity index (χ1n) is 11.2. The Bertz CT molecular complexity index is 722. The Morgan fingerprint density at radius 3 is 2.48 bits per heavy atom. The molecule has 0 radical (unpaired) electrons. The number of aldehydes is 1. The van der Waals surface area contributed by atoms with Crippen LogP contribution in [0.4, 0.5) is 4.39 Å². The molecule has 1 unspecified atom stereocenters. The van der Waals surface area contributed by atoms with Crippen LogP contribution in [0.1, 0.15) is 52.5 Å². The number of ether oxygens (including phenoxy) is 1. The van der Waals surface area contributed by atoms with E-state index in [1.165, 1.54) is 0 Å². The molecule has 174 valence electrons. The second kappa shape index (κ2) is 10.8. The lowest BCUT2D eigenvalue weighted by Crippen LogP contribution is -2.46. The first kappa shape index (κ1) is 25.7. The van der Waals surface area contributed by atoms with Crippen molar-refractivity contribution in [3.63, 3.8) is 0 Å². The number of alkyl halides is 1. The van der Waals surface area contributed by atoms with E-state index in [2.05, 4.69) is 0 Å². The molecule has 1 saturated heterocycles. The van der Waals surface area contributed by atoms with Crippen molar-refractivity contribution in [2.24, 2.45) is 5.92 Å². The Balaban J connectivity index is 2.21. The summed E-state index contributed by atoms with van der Waals surface area (Å²) >= 11 is 0. The zero-order valence-electron chi connectivity index (χ0n) is 19.8. The lowest BCUT2D eigenvalue weighted by molar-refractivity contribution is -0.161. The second-order valence-corrected chi connectivity index (χ2v) is 14.1. The molecule has 1 aromatic rings. The predicted octanol–water partition coefficient (Wildman–Crippen LogP) is 4.69. The average molecular weight is 452 g/mol. The first-order valence-corrected chi connectivity index (χ1v) is 14.2. The molecule has 4 atom stereocenters. The van der Waals surface area contributed by atoms with Crippen molar-refractivity contribution in [1.82, 2.24) is 4.90 Å². The molecule has 0 saturated carbocycles. The zero-order chi connectivity index (χ0) is 23.2. The van der Waals surface area contributed by atoms with Gasteiger partial charge in [-0.25, -0.2) is 4.39 Å². The highest BCUT2D eigenvalue weighted by atomic mass is 28.4. The summed E-state index contributed by atoms with van der Waals surface area (Å²) in [5.74, 6) is -1.46. The number of benzene rings is 1. The molecule has 0 spiro atoms. The summed E-state index contributed by atoms with van der Waals surface area (Å²) in [6.45, 7) is 12.0. The van der Waals surface area contributed by atoms with Gasteiger partial charge in [0.15, 0.2) is 0 Å². The van der Waals surface area contributed by atoms with Crippen LogP contribution < -0.4 is 0 Å². The lowest BCUT2D eigenvalue weighted by Gasteiger charge is -2.30. The van der Waals surface area contributed by atoms with Gasteiger partial charge in [-0.05, 0) is 52.3 Å². The van der Waals surface area contributed by atoms with Crippen LogP contribution in [-0.4, -0.2) is 55.6 Å². The molecule has 5 nitrogen and oxygen atoms in total. The standard InChI is InChI=1S/C24H38FNO4Si/c1-7-11-22(25)31(5,6)29-17-19-14-20(23(28)30-24(2,3)4)26(21(19)16-27)15-18-12-9-8-10-13-18/h8-10,12-13,16,19-22H,7,11,14-15,17H2,1-6H3/t19-,20+,21-,22?/m0/s1. The van der Waals surface area contributed by atoms with E-state index < -0.39 is 31.8 Å². The topological polar surface area (TPSA) is 55.8 Å². The predicted molar refractivity (Wildman–Crippen MR) is 123 cm³/mol. The van der Waals surface area contributed by atoms with Gasteiger partial charge in [-0.15, -0.1) is 0 Å². The highest BCUT2D eigenvalue weighted by Crippen LogP contribution is 2.33. The van der Waals surface area contributed by atoms with Gasteiger partial charge in [-0.2, -0.15) is 0 Å². The number of hydrogen-bond donors (Lipinski definition) is 0. The maximum absolute atomic E-state index is 14.6. The monoisotopic (exact) mass is 451 g/mol. The van der Waals surface area contributed by atoms with Gasteiger partial charge >= 0.3 is 5.97 Å². The van der Waals surface area contributed by atoms with Crippen molar-refractivity contribution in [2.75, 3.05) is 6.61 Å². The smallest absolute Gasteiger partial charge is 0.323 e. The van der Waals surface area contributed by atoms with Crippen LogP contribution in [-0.2, 0) is 25.3 Å². The van der Waals surface area contributed by atoms with E-state index in [4.69, 9.17) is 9.16 Å². The van der Waals surface area contributed by atoms with E-state index >= 15 is 0 Å². The van der Waals surface area contributed by atoms with Gasteiger partial charge in [0.2, 0.25) is 8.32 Å². The van der Waals surface area contributed by atoms with Gasteiger partial charge < -0.3 is 14.0 Å².